The summed E-state index contributed by atoms with van der Waals surface area (Å²) in [5, 5.41) is 11.0. The molecule has 1 aromatic heterocycles. The van der Waals surface area contributed by atoms with Crippen molar-refractivity contribution in [3.05, 3.63) is 87.6 Å². The van der Waals surface area contributed by atoms with Gasteiger partial charge in [-0.1, -0.05) is 53.8 Å². The molecule has 0 saturated carbocycles. The van der Waals surface area contributed by atoms with Crippen LogP contribution >= 0.6 is 11.3 Å². The Balaban J connectivity index is 1.85. The molecule has 34 heavy (non-hydrogen) atoms. The van der Waals surface area contributed by atoms with Crippen molar-refractivity contribution >= 4 is 34.1 Å². The number of benzene rings is 2. The van der Waals surface area contributed by atoms with Crippen molar-refractivity contribution in [3.63, 3.8) is 0 Å². The van der Waals surface area contributed by atoms with Gasteiger partial charge in [-0.15, -0.1) is 0 Å². The van der Waals surface area contributed by atoms with Crippen molar-refractivity contribution in [1.82, 2.24) is 4.98 Å². The molecular weight excluding hydrogens is 456 g/mol. The summed E-state index contributed by atoms with van der Waals surface area (Å²) in [6, 6.07) is 14.3. The molecule has 1 atom stereocenters. The van der Waals surface area contributed by atoms with E-state index in [4.69, 9.17) is 9.47 Å². The first-order valence-electron chi connectivity index (χ1n) is 10.5. The summed E-state index contributed by atoms with van der Waals surface area (Å²) >= 11 is 0.972. The number of esters is 1. The summed E-state index contributed by atoms with van der Waals surface area (Å²) in [4.78, 5) is 44.9. The van der Waals surface area contributed by atoms with Crippen LogP contribution in [0.25, 0.3) is 0 Å². The number of rotatable bonds is 7. The van der Waals surface area contributed by atoms with Gasteiger partial charge in [0.05, 0.1) is 31.0 Å². The third-order valence-corrected chi connectivity index (χ3v) is 6.51. The molecule has 0 fully saturated rings. The smallest absolute Gasteiger partial charge is 0.350 e. The number of methoxy groups -OCH3 is 1. The minimum absolute atomic E-state index is 0.0631. The summed E-state index contributed by atoms with van der Waals surface area (Å²) in [5.41, 5.74) is 1.23. The number of ketones is 1. The van der Waals surface area contributed by atoms with Crippen LogP contribution in [0.2, 0.25) is 0 Å². The van der Waals surface area contributed by atoms with E-state index in [1.165, 1.54) is 12.0 Å². The van der Waals surface area contributed by atoms with Crippen LogP contribution in [0, 0.1) is 6.92 Å². The highest BCUT2D eigenvalue weighted by atomic mass is 32.1. The first-order valence-corrected chi connectivity index (χ1v) is 11.3. The molecule has 1 aliphatic rings. The molecule has 3 aromatic rings. The summed E-state index contributed by atoms with van der Waals surface area (Å²) in [7, 11) is 1.53. The largest absolute Gasteiger partial charge is 0.503 e. The molecule has 0 saturated heterocycles. The number of nitrogens with zero attached hydrogens (tertiary/aromatic N) is 2. The Morgan fingerprint density at radius 2 is 1.79 bits per heavy atom. The molecule has 2 heterocycles. The normalized spacial score (nSPS) is 15.6. The van der Waals surface area contributed by atoms with Gasteiger partial charge in [0.25, 0.3) is 5.91 Å². The second-order valence-corrected chi connectivity index (χ2v) is 8.42. The number of Topliss-reactive ketones (excluding diaryl/α,β-unsaturated/α-hetero) is 1. The van der Waals surface area contributed by atoms with E-state index in [9.17, 15) is 19.5 Å². The first kappa shape index (κ1) is 23.2. The molecule has 1 aliphatic heterocycles. The number of aryl methyl sites for hydroxylation is 1. The number of hydrogen-bond acceptors (Lipinski definition) is 8. The van der Waals surface area contributed by atoms with Crippen LogP contribution in [-0.4, -0.2) is 41.5 Å². The lowest BCUT2D eigenvalue weighted by Crippen LogP contribution is -2.31. The molecule has 1 N–H and O–H groups in total. The second kappa shape index (κ2) is 9.48. The van der Waals surface area contributed by atoms with E-state index in [2.05, 4.69) is 4.98 Å². The van der Waals surface area contributed by atoms with E-state index >= 15 is 0 Å². The first-order chi connectivity index (χ1) is 16.4. The number of amides is 1. The summed E-state index contributed by atoms with van der Waals surface area (Å²) < 4.78 is 10.3. The molecule has 174 valence electrons. The number of aliphatic hydroxyl groups excluding tert-OH is 1. The van der Waals surface area contributed by atoms with E-state index in [1.807, 2.05) is 0 Å². The van der Waals surface area contributed by atoms with Gasteiger partial charge in [-0.25, -0.2) is 9.78 Å². The molecule has 8 nitrogen and oxygen atoms in total. The predicted molar refractivity (Wildman–Crippen MR) is 126 cm³/mol. The van der Waals surface area contributed by atoms with E-state index in [1.54, 1.807) is 68.4 Å². The van der Waals surface area contributed by atoms with E-state index < -0.39 is 29.5 Å². The molecule has 1 unspecified atom stereocenters. The quantitative estimate of drug-likeness (QED) is 0.396. The zero-order valence-electron chi connectivity index (χ0n) is 18.8. The van der Waals surface area contributed by atoms with Gasteiger partial charge in [0, 0.05) is 5.56 Å². The molecule has 1 amide bonds. The van der Waals surface area contributed by atoms with Gasteiger partial charge < -0.3 is 14.6 Å². The Morgan fingerprint density at radius 3 is 2.41 bits per heavy atom. The second-order valence-electron chi connectivity index (χ2n) is 7.44. The third-order valence-electron chi connectivity index (χ3n) is 5.37. The van der Waals surface area contributed by atoms with Gasteiger partial charge >= 0.3 is 5.97 Å². The average molecular weight is 479 g/mol. The Bertz CT molecular complexity index is 1280. The van der Waals surface area contributed by atoms with Crippen LogP contribution < -0.4 is 9.64 Å². The minimum Gasteiger partial charge on any atom is -0.503 e. The van der Waals surface area contributed by atoms with Gasteiger partial charge in [0.1, 0.15) is 10.6 Å². The monoisotopic (exact) mass is 478 g/mol. The Morgan fingerprint density at radius 1 is 1.12 bits per heavy atom. The van der Waals surface area contributed by atoms with Gasteiger partial charge in [0.2, 0.25) is 0 Å². The number of carbonyl (C=O) groups is 3. The van der Waals surface area contributed by atoms with Crippen molar-refractivity contribution in [2.24, 2.45) is 0 Å². The molecular formula is C25H22N2O6S. The minimum atomic E-state index is -0.952. The SMILES string of the molecule is CCOC(=O)c1sc(N2C(=O)C(O)=C(C(=O)c3ccccc3)C2c2ccc(OC)cc2)nc1C. The zero-order valence-corrected chi connectivity index (χ0v) is 19.6. The number of carbonyl (C=O) groups excluding carboxylic acids is 3. The molecule has 2 aromatic carbocycles. The van der Waals surface area contributed by atoms with Crippen LogP contribution in [0.3, 0.4) is 0 Å². The highest BCUT2D eigenvalue weighted by Crippen LogP contribution is 2.44. The lowest BCUT2D eigenvalue weighted by Gasteiger charge is -2.24. The summed E-state index contributed by atoms with van der Waals surface area (Å²) in [6.45, 7) is 3.53. The number of aliphatic hydroxyl groups is 1. The molecule has 0 spiro atoms. The number of ether oxygens (including phenoxy) is 2. The zero-order chi connectivity index (χ0) is 24.4. The standard InChI is InChI=1S/C25H22N2O6S/c1-4-33-24(31)22-14(2)26-25(34-22)27-19(15-10-12-17(32-3)13-11-15)18(21(29)23(27)30)20(28)16-8-6-5-7-9-16/h5-13,19,29H,4H2,1-3H3. The fourth-order valence-electron chi connectivity index (χ4n) is 3.75. The number of hydrogen-bond donors (Lipinski definition) is 1. The van der Waals surface area contributed by atoms with E-state index in [0.29, 0.717) is 22.6 Å². The maximum Gasteiger partial charge on any atom is 0.350 e. The van der Waals surface area contributed by atoms with Gasteiger partial charge in [-0.05, 0) is 31.5 Å². The fourth-order valence-corrected chi connectivity index (χ4v) is 4.74. The molecule has 0 aliphatic carbocycles. The fraction of sp³-hybridized carbons (Fsp3) is 0.200. The highest BCUT2D eigenvalue weighted by Gasteiger charge is 2.46. The van der Waals surface area contributed by atoms with Crippen molar-refractivity contribution in [1.29, 1.82) is 0 Å². The number of aromatic nitrogens is 1. The lowest BCUT2D eigenvalue weighted by molar-refractivity contribution is -0.117. The molecule has 9 heteroatoms. The van der Waals surface area contributed by atoms with Crippen molar-refractivity contribution in [2.75, 3.05) is 18.6 Å². The maximum atomic E-state index is 13.4. The van der Waals surface area contributed by atoms with Crippen LogP contribution in [0.5, 0.6) is 5.75 Å². The molecule has 0 radical (unpaired) electrons. The topological polar surface area (TPSA) is 106 Å². The maximum absolute atomic E-state index is 13.4. The van der Waals surface area contributed by atoms with Crippen LogP contribution in [0.1, 0.15) is 44.3 Å². The molecule has 0 bridgehead atoms. The van der Waals surface area contributed by atoms with Crippen LogP contribution in [-0.2, 0) is 9.53 Å². The van der Waals surface area contributed by atoms with Gasteiger partial charge in [-0.3, -0.25) is 14.5 Å². The van der Waals surface area contributed by atoms with Crippen LogP contribution in [0.15, 0.2) is 65.9 Å². The van der Waals surface area contributed by atoms with Gasteiger partial charge in [0.15, 0.2) is 16.7 Å². The Labute approximate surface area is 200 Å². The van der Waals surface area contributed by atoms with Crippen molar-refractivity contribution in [3.8, 4) is 5.75 Å². The van der Waals surface area contributed by atoms with Crippen molar-refractivity contribution in [2.45, 2.75) is 19.9 Å². The number of thiazole rings is 1. The number of anilines is 1. The molecule has 4 rings (SSSR count). The summed E-state index contributed by atoms with van der Waals surface area (Å²) in [6.07, 6.45) is 0. The van der Waals surface area contributed by atoms with Crippen molar-refractivity contribution < 1.29 is 29.0 Å². The third kappa shape index (κ3) is 4.06. The lowest BCUT2D eigenvalue weighted by atomic mass is 9.93. The highest BCUT2D eigenvalue weighted by molar-refractivity contribution is 7.17. The van der Waals surface area contributed by atoms with E-state index in [-0.39, 0.29) is 22.2 Å². The predicted octanol–water partition coefficient (Wildman–Crippen LogP) is 4.42. The van der Waals surface area contributed by atoms with Gasteiger partial charge in [-0.2, -0.15) is 0 Å². The summed E-state index contributed by atoms with van der Waals surface area (Å²) in [5.74, 6) is -1.86. The van der Waals surface area contributed by atoms with Crippen LogP contribution in [0.4, 0.5) is 5.13 Å². The average Bonchev–Trinajstić information content (AvgIpc) is 3.36. The Hall–Kier alpha value is -3.98. The Kier molecular flexibility index (Phi) is 6.47. The van der Waals surface area contributed by atoms with E-state index in [0.717, 1.165) is 11.3 Å².